The summed E-state index contributed by atoms with van der Waals surface area (Å²) in [4.78, 5) is 12.1. The smallest absolute Gasteiger partial charge is 0.387 e. The van der Waals surface area contributed by atoms with Crippen molar-refractivity contribution in [2.24, 2.45) is 5.73 Å². The number of carbonyl (C=O) groups excluding carboxylic acids is 1. The van der Waals surface area contributed by atoms with Gasteiger partial charge in [0, 0.05) is 17.1 Å². The van der Waals surface area contributed by atoms with Gasteiger partial charge in [0.25, 0.3) is 0 Å². The van der Waals surface area contributed by atoms with Gasteiger partial charge >= 0.3 is 6.61 Å². The van der Waals surface area contributed by atoms with Crippen LogP contribution in [0.25, 0.3) is 0 Å². The van der Waals surface area contributed by atoms with Gasteiger partial charge in [-0.15, -0.1) is 12.4 Å². The fraction of sp³-hybridized carbons (Fsp3) is 0.500. The van der Waals surface area contributed by atoms with Crippen LogP contribution >= 0.6 is 24.0 Å². The Balaban J connectivity index is 0.00000242. The van der Waals surface area contributed by atoms with E-state index in [2.05, 4.69) is 10.1 Å². The fourth-order valence-corrected chi connectivity index (χ4v) is 2.68. The van der Waals surface area contributed by atoms with Crippen LogP contribution in [0.4, 0.5) is 8.78 Å². The highest BCUT2D eigenvalue weighted by Gasteiger charge is 2.36. The average Bonchev–Trinajstić information content (AvgIpc) is 2.86. The van der Waals surface area contributed by atoms with Gasteiger partial charge in [-0.1, -0.05) is 24.4 Å². The summed E-state index contributed by atoms with van der Waals surface area (Å²) < 4.78 is 29.1. The molecule has 1 aliphatic carbocycles. The molecule has 0 saturated heterocycles. The zero-order valence-corrected chi connectivity index (χ0v) is 13.4. The predicted molar refractivity (Wildman–Crippen MR) is 82.6 cm³/mol. The van der Waals surface area contributed by atoms with Crippen molar-refractivity contribution in [1.29, 1.82) is 0 Å². The van der Waals surface area contributed by atoms with Gasteiger partial charge < -0.3 is 15.8 Å². The standard InChI is InChI=1S/C14H17ClF2N2O2.ClH/c15-10-3-4-11(21-13(16)17)9(7-10)8-19-12(20)14(18)5-1-2-6-14;/h3-4,7,13H,1-2,5-6,8,18H2,(H,19,20);1H. The van der Waals surface area contributed by atoms with E-state index >= 15 is 0 Å². The first-order valence-electron chi connectivity index (χ1n) is 6.71. The van der Waals surface area contributed by atoms with Crippen LogP contribution in [0.5, 0.6) is 5.75 Å². The second-order valence-corrected chi connectivity index (χ2v) is 5.61. The number of halogens is 4. The fourth-order valence-electron chi connectivity index (χ4n) is 2.48. The Bertz CT molecular complexity index is 524. The molecule has 1 saturated carbocycles. The number of alkyl halides is 2. The molecule has 4 nitrogen and oxygen atoms in total. The normalized spacial score (nSPS) is 16.2. The van der Waals surface area contributed by atoms with Crippen LogP contribution in [0.15, 0.2) is 18.2 Å². The largest absolute Gasteiger partial charge is 0.434 e. The number of benzene rings is 1. The number of nitrogens with two attached hydrogens (primary N) is 1. The Morgan fingerprint density at radius 3 is 2.64 bits per heavy atom. The maximum Gasteiger partial charge on any atom is 0.387 e. The number of hydrogen-bond donors (Lipinski definition) is 2. The van der Waals surface area contributed by atoms with E-state index in [1.54, 1.807) is 0 Å². The molecule has 124 valence electrons. The molecule has 0 radical (unpaired) electrons. The molecule has 1 aromatic rings. The lowest BCUT2D eigenvalue weighted by atomic mass is 9.98. The van der Waals surface area contributed by atoms with Gasteiger partial charge in [-0.3, -0.25) is 4.79 Å². The van der Waals surface area contributed by atoms with E-state index < -0.39 is 12.2 Å². The van der Waals surface area contributed by atoms with E-state index in [1.807, 2.05) is 0 Å². The number of amides is 1. The van der Waals surface area contributed by atoms with Crippen molar-refractivity contribution < 1.29 is 18.3 Å². The molecule has 1 aliphatic rings. The zero-order chi connectivity index (χ0) is 15.5. The molecular formula is C14H18Cl2F2N2O2. The predicted octanol–water partition coefficient (Wildman–Crippen LogP) is 3.25. The zero-order valence-electron chi connectivity index (χ0n) is 11.8. The van der Waals surface area contributed by atoms with Gasteiger partial charge in [0.05, 0.1) is 5.54 Å². The van der Waals surface area contributed by atoms with Crippen LogP contribution in [0.1, 0.15) is 31.2 Å². The number of carbonyl (C=O) groups is 1. The lowest BCUT2D eigenvalue weighted by molar-refractivity contribution is -0.126. The molecule has 2 rings (SSSR count). The summed E-state index contributed by atoms with van der Waals surface area (Å²) in [6, 6.07) is 4.28. The van der Waals surface area contributed by atoms with Crippen molar-refractivity contribution in [3.05, 3.63) is 28.8 Å². The lowest BCUT2D eigenvalue weighted by Crippen LogP contribution is -2.51. The molecule has 0 aliphatic heterocycles. The Labute approximate surface area is 138 Å². The number of hydrogen-bond acceptors (Lipinski definition) is 3. The summed E-state index contributed by atoms with van der Waals surface area (Å²) in [5, 5.41) is 3.05. The molecule has 1 aromatic carbocycles. The first kappa shape index (κ1) is 18.9. The Hall–Kier alpha value is -1.11. The number of rotatable bonds is 5. The van der Waals surface area contributed by atoms with E-state index in [0.29, 0.717) is 23.4 Å². The SMILES string of the molecule is Cl.NC1(C(=O)NCc2cc(Cl)ccc2OC(F)F)CCCC1. The Morgan fingerprint density at radius 1 is 1.41 bits per heavy atom. The summed E-state index contributed by atoms with van der Waals surface area (Å²) in [5.41, 5.74) is 5.55. The quantitative estimate of drug-likeness (QED) is 0.852. The highest BCUT2D eigenvalue weighted by molar-refractivity contribution is 6.30. The second kappa shape index (κ2) is 7.94. The topological polar surface area (TPSA) is 64.4 Å². The third-order valence-electron chi connectivity index (χ3n) is 3.63. The van der Waals surface area contributed by atoms with E-state index in [1.165, 1.54) is 18.2 Å². The summed E-state index contributed by atoms with van der Waals surface area (Å²) in [7, 11) is 0. The van der Waals surface area contributed by atoms with Gasteiger partial charge in [-0.2, -0.15) is 8.78 Å². The van der Waals surface area contributed by atoms with E-state index in [0.717, 1.165) is 12.8 Å². The first-order valence-corrected chi connectivity index (χ1v) is 7.09. The number of ether oxygens (including phenoxy) is 1. The first-order chi connectivity index (χ1) is 9.90. The van der Waals surface area contributed by atoms with E-state index in [-0.39, 0.29) is 30.6 Å². The van der Waals surface area contributed by atoms with Crippen molar-refractivity contribution in [1.82, 2.24) is 5.32 Å². The molecule has 22 heavy (non-hydrogen) atoms. The summed E-state index contributed by atoms with van der Waals surface area (Å²) in [6.07, 6.45) is 3.10. The van der Waals surface area contributed by atoms with Crippen molar-refractivity contribution in [3.63, 3.8) is 0 Å². The second-order valence-electron chi connectivity index (χ2n) is 5.18. The van der Waals surface area contributed by atoms with Crippen molar-refractivity contribution in [2.75, 3.05) is 0 Å². The maximum absolute atomic E-state index is 12.3. The third kappa shape index (κ3) is 4.69. The van der Waals surface area contributed by atoms with Crippen molar-refractivity contribution in [3.8, 4) is 5.75 Å². The summed E-state index contributed by atoms with van der Waals surface area (Å²) in [6.45, 7) is -2.89. The minimum Gasteiger partial charge on any atom is -0.434 e. The van der Waals surface area contributed by atoms with E-state index in [9.17, 15) is 13.6 Å². The number of nitrogens with one attached hydrogen (secondary N) is 1. The Morgan fingerprint density at radius 2 is 2.05 bits per heavy atom. The van der Waals surface area contributed by atoms with Gasteiger partial charge in [-0.05, 0) is 31.0 Å². The lowest BCUT2D eigenvalue weighted by Gasteiger charge is -2.22. The maximum atomic E-state index is 12.3. The molecule has 3 N–H and O–H groups in total. The molecule has 0 aromatic heterocycles. The van der Waals surface area contributed by atoms with Crippen LogP contribution in [0.3, 0.4) is 0 Å². The van der Waals surface area contributed by atoms with Gasteiger partial charge in [0.2, 0.25) is 5.91 Å². The molecule has 0 unspecified atom stereocenters. The molecule has 8 heteroatoms. The van der Waals surface area contributed by atoms with Crippen molar-refractivity contribution >= 4 is 29.9 Å². The van der Waals surface area contributed by atoms with E-state index in [4.69, 9.17) is 17.3 Å². The van der Waals surface area contributed by atoms with Crippen LogP contribution in [0.2, 0.25) is 5.02 Å². The molecular weight excluding hydrogens is 337 g/mol. The van der Waals surface area contributed by atoms with Gasteiger partial charge in [-0.25, -0.2) is 0 Å². The van der Waals surface area contributed by atoms with Crippen LogP contribution in [-0.4, -0.2) is 18.1 Å². The molecule has 1 fully saturated rings. The van der Waals surface area contributed by atoms with Crippen LogP contribution in [-0.2, 0) is 11.3 Å². The Kier molecular flexibility index (Phi) is 6.84. The summed E-state index contributed by atoms with van der Waals surface area (Å²) >= 11 is 5.84. The van der Waals surface area contributed by atoms with Gasteiger partial charge in [0.1, 0.15) is 5.75 Å². The third-order valence-corrected chi connectivity index (χ3v) is 3.86. The van der Waals surface area contributed by atoms with Crippen molar-refractivity contribution in [2.45, 2.75) is 44.4 Å². The summed E-state index contributed by atoms with van der Waals surface area (Å²) in [5.74, 6) is -0.282. The average molecular weight is 355 g/mol. The minimum atomic E-state index is -2.93. The monoisotopic (exact) mass is 354 g/mol. The molecule has 0 atom stereocenters. The highest BCUT2D eigenvalue weighted by Crippen LogP contribution is 2.28. The minimum absolute atomic E-state index is 0. The molecule has 0 spiro atoms. The molecule has 0 bridgehead atoms. The van der Waals surface area contributed by atoms with Crippen LogP contribution < -0.4 is 15.8 Å². The highest BCUT2D eigenvalue weighted by atomic mass is 35.5. The van der Waals surface area contributed by atoms with Crippen LogP contribution in [0, 0.1) is 0 Å². The molecule has 0 heterocycles. The molecule has 1 amide bonds. The van der Waals surface area contributed by atoms with Gasteiger partial charge in [0.15, 0.2) is 0 Å².